The van der Waals surface area contributed by atoms with Crippen molar-refractivity contribution in [1.82, 2.24) is 30.2 Å². The molecule has 1 saturated heterocycles. The standard InChI is InChI=1S/C20H32N6O4S/c1-19(2,3)30-18(29)25(7)12-15-23-21-14(22-24-15)9-8-10-26-16(27)11-13(17(26)28)31-20(4,5)6/h13H,8-12H2,1-7H3. The molecule has 1 aromatic heterocycles. The second-order valence-corrected chi connectivity index (χ2v) is 11.5. The molecule has 0 aliphatic carbocycles. The average Bonchev–Trinajstić information content (AvgIpc) is 2.87. The summed E-state index contributed by atoms with van der Waals surface area (Å²) in [5.74, 6) is 0.458. The predicted octanol–water partition coefficient (Wildman–Crippen LogP) is 2.23. The summed E-state index contributed by atoms with van der Waals surface area (Å²) < 4.78 is 5.20. The molecule has 0 saturated carbocycles. The molecule has 31 heavy (non-hydrogen) atoms. The predicted molar refractivity (Wildman–Crippen MR) is 116 cm³/mol. The number of likely N-dealkylation sites (tertiary alicyclic amines) is 1. The highest BCUT2D eigenvalue weighted by Gasteiger charge is 2.40. The molecule has 1 atom stereocenters. The molecular formula is C20H32N6O4S. The first-order valence-corrected chi connectivity index (χ1v) is 11.1. The van der Waals surface area contributed by atoms with Crippen molar-refractivity contribution in [2.45, 2.75) is 82.9 Å². The van der Waals surface area contributed by atoms with E-state index in [0.717, 1.165) is 0 Å². The monoisotopic (exact) mass is 452 g/mol. The Bertz CT molecular complexity index is 803. The molecule has 0 spiro atoms. The normalized spacial score (nSPS) is 17.3. The van der Waals surface area contributed by atoms with Gasteiger partial charge in [0, 0.05) is 31.2 Å². The summed E-state index contributed by atoms with van der Waals surface area (Å²) in [5.41, 5.74) is -0.587. The lowest BCUT2D eigenvalue weighted by molar-refractivity contribution is -0.138. The minimum absolute atomic E-state index is 0.0822. The zero-order valence-electron chi connectivity index (χ0n) is 19.3. The first-order chi connectivity index (χ1) is 14.2. The molecule has 0 bridgehead atoms. The summed E-state index contributed by atoms with van der Waals surface area (Å²) in [6.45, 7) is 11.9. The summed E-state index contributed by atoms with van der Waals surface area (Å²) in [7, 11) is 1.58. The number of imide groups is 1. The number of aromatic nitrogens is 4. The number of nitrogens with zero attached hydrogens (tertiary/aromatic N) is 6. The maximum atomic E-state index is 12.5. The molecule has 11 heteroatoms. The van der Waals surface area contributed by atoms with Gasteiger partial charge in [-0.3, -0.25) is 14.5 Å². The largest absolute Gasteiger partial charge is 0.444 e. The Hall–Kier alpha value is -2.30. The van der Waals surface area contributed by atoms with E-state index in [1.54, 1.807) is 27.8 Å². The maximum absolute atomic E-state index is 12.5. The first-order valence-electron chi connectivity index (χ1n) is 10.3. The van der Waals surface area contributed by atoms with Gasteiger partial charge in [0.2, 0.25) is 11.8 Å². The van der Waals surface area contributed by atoms with Crippen molar-refractivity contribution >= 4 is 29.7 Å². The zero-order valence-corrected chi connectivity index (χ0v) is 20.2. The van der Waals surface area contributed by atoms with Crippen molar-refractivity contribution in [1.29, 1.82) is 0 Å². The van der Waals surface area contributed by atoms with E-state index >= 15 is 0 Å². The quantitative estimate of drug-likeness (QED) is 0.574. The van der Waals surface area contributed by atoms with Gasteiger partial charge in [-0.25, -0.2) is 4.79 Å². The van der Waals surface area contributed by atoms with E-state index in [9.17, 15) is 14.4 Å². The topological polar surface area (TPSA) is 118 Å². The molecule has 1 unspecified atom stereocenters. The minimum atomic E-state index is -0.587. The number of aryl methyl sites for hydroxylation is 1. The lowest BCUT2D eigenvalue weighted by Crippen LogP contribution is -2.34. The number of amides is 3. The third kappa shape index (κ3) is 8.04. The van der Waals surface area contributed by atoms with Crippen molar-refractivity contribution in [2.75, 3.05) is 13.6 Å². The van der Waals surface area contributed by atoms with Gasteiger partial charge in [0.15, 0.2) is 11.6 Å². The van der Waals surface area contributed by atoms with E-state index in [1.807, 2.05) is 20.8 Å². The van der Waals surface area contributed by atoms with Gasteiger partial charge < -0.3 is 9.64 Å². The summed E-state index contributed by atoms with van der Waals surface area (Å²) in [6, 6.07) is 0. The van der Waals surface area contributed by atoms with Crippen LogP contribution in [-0.4, -0.2) is 77.3 Å². The number of hydrogen-bond donors (Lipinski definition) is 0. The van der Waals surface area contributed by atoms with Crippen molar-refractivity contribution < 1.29 is 19.1 Å². The van der Waals surface area contributed by atoms with Crippen LogP contribution in [0.3, 0.4) is 0 Å². The van der Waals surface area contributed by atoms with Gasteiger partial charge in [0.05, 0.1) is 11.8 Å². The summed E-state index contributed by atoms with van der Waals surface area (Å²) in [6.07, 6.45) is 0.740. The number of rotatable bonds is 7. The van der Waals surface area contributed by atoms with Crippen LogP contribution in [0.4, 0.5) is 4.79 Å². The van der Waals surface area contributed by atoms with Crippen LogP contribution in [-0.2, 0) is 27.3 Å². The number of ether oxygens (including phenoxy) is 1. The molecule has 3 amide bonds. The third-order valence-electron chi connectivity index (χ3n) is 4.13. The van der Waals surface area contributed by atoms with Gasteiger partial charge in [-0.1, -0.05) is 20.8 Å². The smallest absolute Gasteiger partial charge is 0.410 e. The molecular weight excluding hydrogens is 420 g/mol. The number of carbonyl (C=O) groups excluding carboxylic acids is 3. The molecule has 0 aromatic carbocycles. The fraction of sp³-hybridized carbons (Fsp3) is 0.750. The van der Waals surface area contributed by atoms with Crippen LogP contribution in [0, 0.1) is 0 Å². The Labute approximate surface area is 187 Å². The Morgan fingerprint density at radius 1 is 1.10 bits per heavy atom. The zero-order chi connectivity index (χ0) is 23.4. The van der Waals surface area contributed by atoms with Crippen LogP contribution in [0.5, 0.6) is 0 Å². The lowest BCUT2D eigenvalue weighted by atomic mass is 10.2. The first kappa shape index (κ1) is 25.0. The Morgan fingerprint density at radius 2 is 1.68 bits per heavy atom. The summed E-state index contributed by atoms with van der Waals surface area (Å²) >= 11 is 1.53. The van der Waals surface area contributed by atoms with Crippen molar-refractivity contribution in [3.05, 3.63) is 11.6 Å². The second-order valence-electron chi connectivity index (χ2n) is 9.48. The molecule has 2 rings (SSSR count). The van der Waals surface area contributed by atoms with Gasteiger partial charge in [-0.15, -0.1) is 32.2 Å². The number of hydrogen-bond acceptors (Lipinski definition) is 9. The van der Waals surface area contributed by atoms with E-state index in [-0.39, 0.29) is 34.8 Å². The van der Waals surface area contributed by atoms with E-state index in [4.69, 9.17) is 4.74 Å². The lowest BCUT2D eigenvalue weighted by Gasteiger charge is -2.23. The molecule has 2 heterocycles. The maximum Gasteiger partial charge on any atom is 0.410 e. The van der Waals surface area contributed by atoms with E-state index in [0.29, 0.717) is 31.0 Å². The molecule has 10 nitrogen and oxygen atoms in total. The molecule has 172 valence electrons. The summed E-state index contributed by atoms with van der Waals surface area (Å²) in [4.78, 5) is 39.4. The van der Waals surface area contributed by atoms with Gasteiger partial charge >= 0.3 is 6.09 Å². The molecule has 1 fully saturated rings. The Morgan fingerprint density at radius 3 is 2.23 bits per heavy atom. The highest BCUT2D eigenvalue weighted by molar-refractivity contribution is 8.01. The van der Waals surface area contributed by atoms with Crippen molar-refractivity contribution in [2.24, 2.45) is 0 Å². The summed E-state index contributed by atoms with van der Waals surface area (Å²) in [5, 5.41) is 15.8. The molecule has 1 aliphatic heterocycles. The molecule has 0 N–H and O–H groups in total. The van der Waals surface area contributed by atoms with Crippen LogP contribution in [0.25, 0.3) is 0 Å². The van der Waals surface area contributed by atoms with Crippen LogP contribution in [0.2, 0.25) is 0 Å². The highest BCUT2D eigenvalue weighted by atomic mass is 32.2. The minimum Gasteiger partial charge on any atom is -0.444 e. The number of carbonyl (C=O) groups is 3. The average molecular weight is 453 g/mol. The van der Waals surface area contributed by atoms with Crippen LogP contribution < -0.4 is 0 Å². The second kappa shape index (κ2) is 9.88. The third-order valence-corrected chi connectivity index (χ3v) is 5.49. The van der Waals surface area contributed by atoms with Gasteiger partial charge in [-0.2, -0.15) is 0 Å². The Balaban J connectivity index is 1.81. The fourth-order valence-corrected chi connectivity index (χ4v) is 4.16. The van der Waals surface area contributed by atoms with E-state index in [1.165, 1.54) is 21.6 Å². The molecule has 0 radical (unpaired) electrons. The van der Waals surface area contributed by atoms with E-state index in [2.05, 4.69) is 20.4 Å². The Kier molecular flexibility index (Phi) is 7.96. The fourth-order valence-electron chi connectivity index (χ4n) is 2.85. The SMILES string of the molecule is CN(Cc1nnc(CCCN2C(=O)CC(SC(C)(C)C)C2=O)nn1)C(=O)OC(C)(C)C. The van der Waals surface area contributed by atoms with Crippen LogP contribution in [0.1, 0.15) is 66.0 Å². The highest BCUT2D eigenvalue weighted by Crippen LogP contribution is 2.34. The van der Waals surface area contributed by atoms with Crippen LogP contribution >= 0.6 is 11.8 Å². The van der Waals surface area contributed by atoms with Crippen molar-refractivity contribution in [3.63, 3.8) is 0 Å². The number of thioether (sulfide) groups is 1. The van der Waals surface area contributed by atoms with Crippen molar-refractivity contribution in [3.8, 4) is 0 Å². The molecule has 1 aromatic rings. The van der Waals surface area contributed by atoms with E-state index < -0.39 is 11.7 Å². The van der Waals surface area contributed by atoms with Crippen LogP contribution in [0.15, 0.2) is 0 Å². The molecule has 1 aliphatic rings. The van der Waals surface area contributed by atoms with Gasteiger partial charge in [-0.05, 0) is 27.2 Å². The van der Waals surface area contributed by atoms with Gasteiger partial charge in [0.1, 0.15) is 5.60 Å². The van der Waals surface area contributed by atoms with Gasteiger partial charge in [0.25, 0.3) is 0 Å².